The molecule has 3 rings (SSSR count). The third kappa shape index (κ3) is 2.30. The molecule has 1 aromatic carbocycles. The number of aromatic nitrogens is 1. The Morgan fingerprint density at radius 2 is 2.13 bits per heavy atom. The lowest BCUT2D eigenvalue weighted by Gasteiger charge is -2.09. The molecule has 0 saturated heterocycles. The monoisotopic (exact) mass is 348 g/mol. The average Bonchev–Trinajstić information content (AvgIpc) is 2.96. The number of thiazole rings is 1. The Kier molecular flexibility index (Phi) is 3.65. The number of aryl methyl sites for hydroxylation is 1. The Labute approximate surface area is 139 Å². The lowest BCUT2D eigenvalue weighted by molar-refractivity contribution is -0.140. The number of benzene rings is 1. The maximum atomic E-state index is 12.3. The lowest BCUT2D eigenvalue weighted by atomic mass is 10.1. The summed E-state index contributed by atoms with van der Waals surface area (Å²) in [6.07, 6.45) is 0. The molecule has 0 radical (unpaired) electrons. The number of carbonyl (C=O) groups excluding carboxylic acids is 1. The first kappa shape index (κ1) is 15.6. The first-order chi connectivity index (χ1) is 10.8. The predicted octanol–water partition coefficient (Wildman–Crippen LogP) is 1.30. The number of aliphatic carboxylic acids is 1. The molecule has 6 nitrogen and oxygen atoms in total. The first-order valence-electron chi connectivity index (χ1n) is 6.73. The van der Waals surface area contributed by atoms with Crippen LogP contribution in [-0.4, -0.2) is 26.7 Å². The van der Waals surface area contributed by atoms with Crippen LogP contribution in [0.3, 0.4) is 0 Å². The van der Waals surface area contributed by atoms with Gasteiger partial charge in [-0.2, -0.15) is 0 Å². The number of hydrogen-bond acceptors (Lipinski definition) is 5. The van der Waals surface area contributed by atoms with E-state index in [4.69, 9.17) is 17.3 Å². The maximum Gasteiger partial charge on any atom is 0.326 e. The van der Waals surface area contributed by atoms with E-state index >= 15 is 0 Å². The largest absolute Gasteiger partial charge is 0.493 e. The zero-order valence-electron chi connectivity index (χ0n) is 12.2. The van der Waals surface area contributed by atoms with Crippen molar-refractivity contribution in [2.75, 3.05) is 0 Å². The molecule has 8 heteroatoms. The maximum absolute atomic E-state index is 12.3. The molecule has 2 heterocycles. The van der Waals surface area contributed by atoms with Crippen molar-refractivity contribution < 1.29 is 19.8 Å². The summed E-state index contributed by atoms with van der Waals surface area (Å²) in [5.41, 5.74) is 1.11. The molecule has 1 aromatic heterocycles. The third-order valence-corrected chi connectivity index (χ3v) is 5.13. The van der Waals surface area contributed by atoms with Crippen molar-refractivity contribution >= 4 is 41.0 Å². The van der Waals surface area contributed by atoms with Gasteiger partial charge in [-0.25, -0.2) is 9.79 Å². The summed E-state index contributed by atoms with van der Waals surface area (Å²) in [5, 5.41) is 20.8. The van der Waals surface area contributed by atoms with E-state index in [1.54, 1.807) is 12.1 Å². The SMILES string of the molecule is Cc1cccc2c1=NC(=O)C=2c1sc(=S)n([C@@H](C)C(=O)O)c1O. The summed E-state index contributed by atoms with van der Waals surface area (Å²) in [4.78, 5) is 27.7. The van der Waals surface area contributed by atoms with E-state index in [1.165, 1.54) is 6.92 Å². The lowest BCUT2D eigenvalue weighted by Crippen LogP contribution is -2.25. The van der Waals surface area contributed by atoms with Crippen molar-refractivity contribution in [2.45, 2.75) is 19.9 Å². The molecule has 0 bridgehead atoms. The van der Waals surface area contributed by atoms with Crippen LogP contribution in [0.4, 0.5) is 0 Å². The minimum atomic E-state index is -1.12. The van der Waals surface area contributed by atoms with Crippen LogP contribution in [0.15, 0.2) is 23.2 Å². The van der Waals surface area contributed by atoms with Crippen LogP contribution in [0.2, 0.25) is 0 Å². The minimum Gasteiger partial charge on any atom is -0.493 e. The second-order valence-electron chi connectivity index (χ2n) is 5.17. The van der Waals surface area contributed by atoms with Gasteiger partial charge in [0.1, 0.15) is 10.9 Å². The zero-order chi connectivity index (χ0) is 16.9. The smallest absolute Gasteiger partial charge is 0.326 e. The Hall–Kier alpha value is -2.32. The van der Waals surface area contributed by atoms with Gasteiger partial charge < -0.3 is 10.2 Å². The molecule has 1 atom stereocenters. The highest BCUT2D eigenvalue weighted by Gasteiger charge is 2.28. The highest BCUT2D eigenvalue weighted by molar-refractivity contribution is 7.73. The molecule has 0 saturated carbocycles. The van der Waals surface area contributed by atoms with E-state index in [9.17, 15) is 14.7 Å². The van der Waals surface area contributed by atoms with Crippen molar-refractivity contribution in [1.29, 1.82) is 0 Å². The van der Waals surface area contributed by atoms with Crippen LogP contribution < -0.4 is 10.6 Å². The van der Waals surface area contributed by atoms with Gasteiger partial charge in [0.2, 0.25) is 5.88 Å². The average molecular weight is 348 g/mol. The van der Waals surface area contributed by atoms with Gasteiger partial charge in [-0.1, -0.05) is 18.2 Å². The second-order valence-corrected chi connectivity index (χ2v) is 6.81. The number of fused-ring (bicyclic) bond motifs is 1. The predicted molar refractivity (Wildman–Crippen MR) is 86.6 cm³/mol. The zero-order valence-corrected chi connectivity index (χ0v) is 13.9. The summed E-state index contributed by atoms with van der Waals surface area (Å²) in [5.74, 6) is -1.90. The molecule has 118 valence electrons. The Balaban J connectivity index is 2.34. The number of nitrogens with zero attached hydrogens (tertiary/aromatic N) is 2. The van der Waals surface area contributed by atoms with E-state index in [-0.39, 0.29) is 20.3 Å². The quantitative estimate of drug-likeness (QED) is 0.816. The summed E-state index contributed by atoms with van der Waals surface area (Å²) in [6, 6.07) is 4.37. The highest BCUT2D eigenvalue weighted by Crippen LogP contribution is 2.34. The van der Waals surface area contributed by atoms with E-state index in [0.717, 1.165) is 21.5 Å². The molecule has 2 N–H and O–H groups in total. The minimum absolute atomic E-state index is 0.189. The summed E-state index contributed by atoms with van der Waals surface area (Å²) >= 11 is 6.16. The normalized spacial score (nSPS) is 14.5. The van der Waals surface area contributed by atoms with Gasteiger partial charge >= 0.3 is 5.97 Å². The molecule has 1 aliphatic heterocycles. The molecule has 23 heavy (non-hydrogen) atoms. The number of hydrogen-bond donors (Lipinski definition) is 2. The van der Waals surface area contributed by atoms with Crippen LogP contribution in [-0.2, 0) is 9.59 Å². The summed E-state index contributed by atoms with van der Waals surface area (Å²) < 4.78 is 1.32. The molecular weight excluding hydrogens is 336 g/mol. The molecule has 0 aliphatic carbocycles. The third-order valence-electron chi connectivity index (χ3n) is 3.72. The fourth-order valence-electron chi connectivity index (χ4n) is 2.49. The highest BCUT2D eigenvalue weighted by atomic mass is 32.1. The van der Waals surface area contributed by atoms with Crippen LogP contribution in [0.25, 0.3) is 5.57 Å². The van der Waals surface area contributed by atoms with Gasteiger partial charge in [-0.3, -0.25) is 9.36 Å². The van der Waals surface area contributed by atoms with Gasteiger partial charge in [-0.05, 0) is 31.6 Å². The number of carboxylic acid groups (broad SMARTS) is 1. The van der Waals surface area contributed by atoms with E-state index in [1.807, 2.05) is 13.0 Å². The number of rotatable bonds is 3. The van der Waals surface area contributed by atoms with Gasteiger partial charge in [0.05, 0.1) is 10.9 Å². The molecule has 0 unspecified atom stereocenters. The van der Waals surface area contributed by atoms with Gasteiger partial charge in [0.15, 0.2) is 3.95 Å². The number of carboxylic acids is 1. The topological polar surface area (TPSA) is 91.9 Å². The van der Waals surface area contributed by atoms with E-state index < -0.39 is 17.9 Å². The number of para-hydroxylation sites is 1. The van der Waals surface area contributed by atoms with Crippen LogP contribution in [0.1, 0.15) is 23.4 Å². The van der Waals surface area contributed by atoms with Crippen molar-refractivity contribution in [3.63, 3.8) is 0 Å². The molecule has 0 fully saturated rings. The number of carbonyl (C=O) groups is 2. The Morgan fingerprint density at radius 3 is 2.78 bits per heavy atom. The number of amides is 1. The van der Waals surface area contributed by atoms with Crippen molar-refractivity contribution in [1.82, 2.24) is 4.57 Å². The standard InChI is InChI=1S/C15H12N2O4S2/c1-6-4-3-5-8-9(12(18)16-10(6)8)11-13(19)17(15(22)23-11)7(2)14(20)21/h3-5,7,19H,1-2H3,(H,20,21)/t7-/m0/s1. The van der Waals surface area contributed by atoms with Crippen LogP contribution in [0.5, 0.6) is 5.88 Å². The Bertz CT molecular complexity index is 1030. The van der Waals surface area contributed by atoms with Crippen molar-refractivity contribution in [3.05, 3.63) is 43.2 Å². The summed E-state index contributed by atoms with van der Waals surface area (Å²) in [6.45, 7) is 3.26. The van der Waals surface area contributed by atoms with Gasteiger partial charge in [0.25, 0.3) is 5.91 Å². The Morgan fingerprint density at radius 1 is 1.43 bits per heavy atom. The molecule has 0 spiro atoms. The summed E-state index contributed by atoms with van der Waals surface area (Å²) in [7, 11) is 0. The van der Waals surface area contributed by atoms with Crippen molar-refractivity contribution in [3.8, 4) is 5.88 Å². The van der Waals surface area contributed by atoms with Crippen LogP contribution in [0, 0.1) is 10.9 Å². The molecule has 2 aromatic rings. The van der Waals surface area contributed by atoms with E-state index in [0.29, 0.717) is 10.6 Å². The molecule has 1 aliphatic rings. The van der Waals surface area contributed by atoms with Crippen LogP contribution >= 0.6 is 23.6 Å². The molecular formula is C15H12N2O4S2. The molecule has 1 amide bonds. The fraction of sp³-hybridized carbons (Fsp3) is 0.200. The van der Waals surface area contributed by atoms with Crippen molar-refractivity contribution in [2.24, 2.45) is 4.99 Å². The second kappa shape index (κ2) is 5.39. The van der Waals surface area contributed by atoms with E-state index in [2.05, 4.69) is 4.99 Å². The van der Waals surface area contributed by atoms with Gasteiger partial charge in [-0.15, -0.1) is 11.3 Å². The van der Waals surface area contributed by atoms with Gasteiger partial charge in [0, 0.05) is 5.22 Å². The number of aromatic hydroxyl groups is 1. The first-order valence-corrected chi connectivity index (χ1v) is 7.96. The fourth-order valence-corrected chi connectivity index (χ4v) is 4.00.